The van der Waals surface area contributed by atoms with Gasteiger partial charge in [0.2, 0.25) is 21.8 Å². The Hall–Kier alpha value is -3.41. The highest BCUT2D eigenvalue weighted by atomic mass is 32.2. The lowest BCUT2D eigenvalue weighted by Gasteiger charge is -2.29. The first-order valence-corrected chi connectivity index (χ1v) is 11.7. The van der Waals surface area contributed by atoms with Crippen LogP contribution in [0.5, 0.6) is 0 Å². The molecule has 0 radical (unpaired) electrons. The summed E-state index contributed by atoms with van der Waals surface area (Å²) >= 11 is 0. The molecule has 0 aliphatic carbocycles. The molecule has 11 heteroatoms. The van der Waals surface area contributed by atoms with Gasteiger partial charge in [0.25, 0.3) is 5.69 Å². The van der Waals surface area contributed by atoms with Gasteiger partial charge in [0.15, 0.2) is 0 Å². The molecular formula is C22H19N3O7S. The van der Waals surface area contributed by atoms with Crippen LogP contribution < -0.4 is 4.72 Å². The van der Waals surface area contributed by atoms with E-state index in [1.165, 1.54) is 4.90 Å². The summed E-state index contributed by atoms with van der Waals surface area (Å²) < 4.78 is 33.9. The number of imide groups is 1. The van der Waals surface area contributed by atoms with Gasteiger partial charge in [-0.1, -0.05) is 42.5 Å². The van der Waals surface area contributed by atoms with E-state index in [0.29, 0.717) is 0 Å². The van der Waals surface area contributed by atoms with E-state index in [-0.39, 0.29) is 29.6 Å². The second-order valence-corrected chi connectivity index (χ2v) is 9.99. The molecule has 2 aromatic rings. The van der Waals surface area contributed by atoms with Gasteiger partial charge < -0.3 is 4.74 Å². The minimum absolute atomic E-state index is 0.142. The third kappa shape index (κ3) is 3.45. The average molecular weight is 469 g/mol. The number of fused-ring (bicyclic) bond motifs is 5. The summed E-state index contributed by atoms with van der Waals surface area (Å²) in [6.07, 6.45) is 2.74. The molecule has 0 aromatic heterocycles. The molecular weight excluding hydrogens is 450 g/mol. The van der Waals surface area contributed by atoms with E-state index in [1.54, 1.807) is 12.2 Å². The third-order valence-electron chi connectivity index (χ3n) is 6.33. The molecule has 170 valence electrons. The molecule has 2 saturated heterocycles. The topological polar surface area (TPSA) is 136 Å². The molecule has 2 bridgehead atoms. The van der Waals surface area contributed by atoms with Gasteiger partial charge in [-0.2, -0.15) is 0 Å². The predicted molar refractivity (Wildman–Crippen MR) is 114 cm³/mol. The highest BCUT2D eigenvalue weighted by Gasteiger charge is 2.67. The summed E-state index contributed by atoms with van der Waals surface area (Å²) in [5.41, 5.74) is -0.695. The van der Waals surface area contributed by atoms with E-state index in [0.717, 1.165) is 29.8 Å². The number of rotatable bonds is 7. The Bertz CT molecular complexity index is 1280. The fourth-order valence-electron chi connectivity index (χ4n) is 4.73. The van der Waals surface area contributed by atoms with E-state index < -0.39 is 44.4 Å². The Morgan fingerprint density at radius 3 is 2.42 bits per heavy atom. The third-order valence-corrected chi connectivity index (χ3v) is 7.74. The SMILES string of the molecule is O=C1C2C3C=CC(CNS(=O)(=O)c4ccc([N+](=O)[O-])cc4)(O3)C2C(=O)N1Cc1ccccc1. The number of nitro groups is 1. The number of likely N-dealkylation sites (tertiary alicyclic amines) is 1. The number of hydrogen-bond donors (Lipinski definition) is 1. The van der Waals surface area contributed by atoms with Crippen molar-refractivity contribution in [3.8, 4) is 0 Å². The van der Waals surface area contributed by atoms with Crippen LogP contribution in [0.1, 0.15) is 5.56 Å². The van der Waals surface area contributed by atoms with Crippen molar-refractivity contribution in [1.29, 1.82) is 0 Å². The van der Waals surface area contributed by atoms with Crippen molar-refractivity contribution in [2.75, 3.05) is 6.54 Å². The molecule has 3 heterocycles. The van der Waals surface area contributed by atoms with Gasteiger partial charge in [0, 0.05) is 18.7 Å². The number of carbonyl (C=O) groups excluding carboxylic acids is 2. The number of nitrogens with zero attached hydrogens (tertiary/aromatic N) is 2. The van der Waals surface area contributed by atoms with E-state index in [4.69, 9.17) is 4.74 Å². The lowest BCUT2D eigenvalue weighted by molar-refractivity contribution is -0.384. The Morgan fingerprint density at radius 1 is 1.06 bits per heavy atom. The second-order valence-electron chi connectivity index (χ2n) is 8.22. The van der Waals surface area contributed by atoms with Gasteiger partial charge in [-0.25, -0.2) is 13.1 Å². The van der Waals surface area contributed by atoms with Crippen molar-refractivity contribution in [3.05, 3.63) is 82.4 Å². The maximum absolute atomic E-state index is 13.2. The number of carbonyl (C=O) groups is 2. The molecule has 0 saturated carbocycles. The van der Waals surface area contributed by atoms with E-state index in [9.17, 15) is 28.1 Å². The van der Waals surface area contributed by atoms with Crippen LogP contribution in [0.3, 0.4) is 0 Å². The maximum atomic E-state index is 13.2. The average Bonchev–Trinajstić information content (AvgIpc) is 3.45. The first kappa shape index (κ1) is 21.4. The van der Waals surface area contributed by atoms with Crippen LogP contribution in [0.2, 0.25) is 0 Å². The second kappa shape index (κ2) is 7.58. The Labute approximate surface area is 189 Å². The fourth-order valence-corrected chi connectivity index (χ4v) is 5.80. The molecule has 10 nitrogen and oxygen atoms in total. The number of nitrogens with one attached hydrogen (secondary N) is 1. The van der Waals surface area contributed by atoms with Crippen LogP contribution in [0.15, 0.2) is 71.6 Å². The molecule has 4 atom stereocenters. The van der Waals surface area contributed by atoms with Gasteiger partial charge in [0.05, 0.1) is 34.3 Å². The summed E-state index contributed by atoms with van der Waals surface area (Å²) in [5.74, 6) is -2.25. The van der Waals surface area contributed by atoms with Gasteiger partial charge in [-0.3, -0.25) is 24.6 Å². The van der Waals surface area contributed by atoms with Gasteiger partial charge in [-0.05, 0) is 17.7 Å². The largest absolute Gasteiger partial charge is 0.361 e. The van der Waals surface area contributed by atoms with Crippen LogP contribution in [-0.2, 0) is 30.9 Å². The Balaban J connectivity index is 1.36. The highest BCUT2D eigenvalue weighted by molar-refractivity contribution is 7.89. The normalized spacial score (nSPS) is 27.9. The first-order chi connectivity index (χ1) is 15.7. The number of benzene rings is 2. The smallest absolute Gasteiger partial charge is 0.269 e. The monoisotopic (exact) mass is 469 g/mol. The summed E-state index contributed by atoms with van der Waals surface area (Å²) in [5, 5.41) is 10.8. The molecule has 3 aliphatic rings. The van der Waals surface area contributed by atoms with Crippen LogP contribution in [0, 0.1) is 22.0 Å². The number of nitro benzene ring substituents is 1. The van der Waals surface area contributed by atoms with Gasteiger partial charge in [-0.15, -0.1) is 0 Å². The zero-order valence-electron chi connectivity index (χ0n) is 17.2. The molecule has 0 spiro atoms. The van der Waals surface area contributed by atoms with Crippen molar-refractivity contribution < 1.29 is 27.7 Å². The van der Waals surface area contributed by atoms with Crippen molar-refractivity contribution in [1.82, 2.24) is 9.62 Å². The summed E-state index contributed by atoms with van der Waals surface area (Å²) in [7, 11) is -4.04. The summed E-state index contributed by atoms with van der Waals surface area (Å²) in [4.78, 5) is 37.5. The van der Waals surface area contributed by atoms with Crippen LogP contribution in [0.25, 0.3) is 0 Å². The fraction of sp³-hybridized carbons (Fsp3) is 0.273. The van der Waals surface area contributed by atoms with Gasteiger partial charge in [0.1, 0.15) is 5.60 Å². The van der Waals surface area contributed by atoms with Crippen LogP contribution in [0.4, 0.5) is 5.69 Å². The highest BCUT2D eigenvalue weighted by Crippen LogP contribution is 2.51. The molecule has 3 aliphatic heterocycles. The zero-order chi connectivity index (χ0) is 23.4. The van der Waals surface area contributed by atoms with Gasteiger partial charge >= 0.3 is 0 Å². The molecule has 5 rings (SSSR count). The standard InChI is InChI=1S/C22H19N3O7S/c26-20-18-17-10-11-22(32-17,19(18)21(27)24(20)12-14-4-2-1-3-5-14)13-23-33(30,31)16-8-6-15(7-9-16)25(28)29/h1-11,17-19,23H,12-13H2. The minimum Gasteiger partial charge on any atom is -0.361 e. The minimum atomic E-state index is -4.04. The number of sulfonamides is 1. The number of non-ortho nitro benzene ring substituents is 1. The molecule has 2 fully saturated rings. The molecule has 1 N–H and O–H groups in total. The number of amides is 2. The lowest BCUT2D eigenvalue weighted by atomic mass is 9.77. The summed E-state index contributed by atoms with van der Waals surface area (Å²) in [6.45, 7) is -0.110. The predicted octanol–water partition coefficient (Wildman–Crippen LogP) is 1.38. The van der Waals surface area contributed by atoms with E-state index in [1.807, 2.05) is 30.3 Å². The van der Waals surface area contributed by atoms with Crippen molar-refractivity contribution in [3.63, 3.8) is 0 Å². The first-order valence-electron chi connectivity index (χ1n) is 10.2. The van der Waals surface area contributed by atoms with E-state index >= 15 is 0 Å². The Kier molecular flexibility index (Phi) is 4.92. The number of hydrogen-bond acceptors (Lipinski definition) is 7. The van der Waals surface area contributed by atoms with Crippen LogP contribution in [-0.4, -0.2) is 48.3 Å². The Morgan fingerprint density at radius 2 is 1.76 bits per heavy atom. The van der Waals surface area contributed by atoms with Crippen molar-refractivity contribution in [2.45, 2.75) is 23.1 Å². The number of ether oxygens (including phenoxy) is 1. The van der Waals surface area contributed by atoms with Crippen molar-refractivity contribution >= 4 is 27.5 Å². The summed E-state index contributed by atoms with van der Waals surface area (Å²) in [6, 6.07) is 13.6. The quantitative estimate of drug-likeness (QED) is 0.280. The molecule has 4 unspecified atom stereocenters. The molecule has 2 amide bonds. The molecule has 33 heavy (non-hydrogen) atoms. The lowest BCUT2D eigenvalue weighted by Crippen LogP contribution is -2.48. The maximum Gasteiger partial charge on any atom is 0.269 e. The van der Waals surface area contributed by atoms with Crippen LogP contribution >= 0.6 is 0 Å². The zero-order valence-corrected chi connectivity index (χ0v) is 18.0. The molecule has 2 aromatic carbocycles. The van der Waals surface area contributed by atoms with Crippen molar-refractivity contribution in [2.24, 2.45) is 11.8 Å². The van der Waals surface area contributed by atoms with E-state index in [2.05, 4.69) is 4.72 Å².